The molecule has 0 aliphatic heterocycles. The largest absolute Gasteiger partial charge is 0.299 e. The topological polar surface area (TPSA) is 30.0 Å². The van der Waals surface area contributed by atoms with E-state index in [0.29, 0.717) is 0 Å². The molecule has 1 aromatic heterocycles. The van der Waals surface area contributed by atoms with Crippen LogP contribution >= 0.6 is 0 Å². The number of benzene rings is 1. The lowest BCUT2D eigenvalue weighted by atomic mass is 10.1. The van der Waals surface area contributed by atoms with Gasteiger partial charge in [-0.3, -0.25) is 9.78 Å². The highest BCUT2D eigenvalue weighted by molar-refractivity contribution is 5.82. The van der Waals surface area contributed by atoms with E-state index in [4.69, 9.17) is 0 Å². The Balaban J connectivity index is 2.51. The van der Waals surface area contributed by atoms with Crippen molar-refractivity contribution in [2.45, 2.75) is 0 Å². The normalized spacial score (nSPS) is 10.9. The maximum absolute atomic E-state index is 10.1. The summed E-state index contributed by atoms with van der Waals surface area (Å²) < 4.78 is 0. The number of nitrogens with zero attached hydrogens (tertiary/aromatic N) is 1. The summed E-state index contributed by atoms with van der Waals surface area (Å²) >= 11 is 0. The molecule has 0 saturated heterocycles. The Labute approximate surface area is 81.9 Å². The van der Waals surface area contributed by atoms with Crippen LogP contribution in [0.5, 0.6) is 0 Å². The fraction of sp³-hybridized carbons (Fsp3) is 0. The zero-order valence-electron chi connectivity index (χ0n) is 7.55. The number of hydrogen-bond acceptors (Lipinski definition) is 2. The van der Waals surface area contributed by atoms with Crippen molar-refractivity contribution >= 4 is 23.3 Å². The van der Waals surface area contributed by atoms with Crippen molar-refractivity contribution in [1.82, 2.24) is 4.98 Å². The Morgan fingerprint density at radius 2 is 2.07 bits per heavy atom. The van der Waals surface area contributed by atoms with Crippen LogP contribution in [0.3, 0.4) is 0 Å². The molecule has 2 aromatic rings. The van der Waals surface area contributed by atoms with Crippen molar-refractivity contribution in [3.63, 3.8) is 0 Å². The number of allylic oxidation sites excluding steroid dienone is 1. The zero-order chi connectivity index (χ0) is 9.80. The number of carbonyl (C=O) groups is 1. The second kappa shape index (κ2) is 3.83. The first kappa shape index (κ1) is 8.63. The number of rotatable bonds is 2. The minimum absolute atomic E-state index is 0.759. The van der Waals surface area contributed by atoms with Crippen LogP contribution < -0.4 is 0 Å². The summed E-state index contributed by atoms with van der Waals surface area (Å²) in [5, 5.41) is 1.08. The second-order valence-electron chi connectivity index (χ2n) is 2.96. The highest BCUT2D eigenvalue weighted by atomic mass is 16.1. The third-order valence-corrected chi connectivity index (χ3v) is 1.98. The van der Waals surface area contributed by atoms with Gasteiger partial charge >= 0.3 is 0 Å². The number of para-hydroxylation sites is 1. The molecular formula is C12H9NO. The van der Waals surface area contributed by atoms with Crippen LogP contribution in [0.4, 0.5) is 0 Å². The van der Waals surface area contributed by atoms with Crippen molar-refractivity contribution in [2.24, 2.45) is 0 Å². The van der Waals surface area contributed by atoms with Gasteiger partial charge in [0.15, 0.2) is 0 Å². The fourth-order valence-electron chi connectivity index (χ4n) is 1.33. The molecule has 1 aromatic carbocycles. The van der Waals surface area contributed by atoms with Crippen LogP contribution in [0.2, 0.25) is 0 Å². The van der Waals surface area contributed by atoms with Crippen LogP contribution in [-0.4, -0.2) is 11.3 Å². The summed E-state index contributed by atoms with van der Waals surface area (Å²) in [4.78, 5) is 14.4. The predicted octanol–water partition coefficient (Wildman–Crippen LogP) is 2.45. The molecule has 0 bridgehead atoms. The molecule has 2 nitrogen and oxygen atoms in total. The van der Waals surface area contributed by atoms with Crippen LogP contribution in [0.15, 0.2) is 42.6 Å². The lowest BCUT2D eigenvalue weighted by Gasteiger charge is -1.97. The minimum Gasteiger partial charge on any atom is -0.299 e. The number of aldehydes is 1. The van der Waals surface area contributed by atoms with Crippen molar-refractivity contribution < 1.29 is 4.79 Å². The Bertz CT molecular complexity index is 488. The van der Waals surface area contributed by atoms with E-state index in [0.717, 1.165) is 22.8 Å². The number of pyridine rings is 1. The molecule has 0 amide bonds. The van der Waals surface area contributed by atoms with Gasteiger partial charge in [-0.25, -0.2) is 0 Å². The van der Waals surface area contributed by atoms with Crippen LogP contribution in [-0.2, 0) is 4.79 Å². The summed E-state index contributed by atoms with van der Waals surface area (Å²) in [6.45, 7) is 0. The Hall–Kier alpha value is -1.96. The van der Waals surface area contributed by atoms with Crippen LogP contribution in [0.1, 0.15) is 5.56 Å². The number of fused-ring (bicyclic) bond motifs is 1. The number of carbonyl (C=O) groups excluding carboxylic acids is 1. The number of aromatic nitrogens is 1. The summed E-state index contributed by atoms with van der Waals surface area (Å²) in [5.41, 5.74) is 1.91. The van der Waals surface area contributed by atoms with E-state index in [1.54, 1.807) is 12.3 Å². The Morgan fingerprint density at radius 1 is 1.21 bits per heavy atom. The van der Waals surface area contributed by atoms with Crippen LogP contribution in [0, 0.1) is 0 Å². The van der Waals surface area contributed by atoms with E-state index >= 15 is 0 Å². The van der Waals surface area contributed by atoms with E-state index in [1.165, 1.54) is 6.08 Å². The van der Waals surface area contributed by atoms with E-state index in [2.05, 4.69) is 4.98 Å². The first-order valence-corrected chi connectivity index (χ1v) is 4.37. The maximum Gasteiger partial charge on any atom is 0.142 e. The van der Waals surface area contributed by atoms with Gasteiger partial charge in [0.25, 0.3) is 0 Å². The molecule has 2 heteroatoms. The molecule has 2 rings (SSSR count). The minimum atomic E-state index is 0.759. The van der Waals surface area contributed by atoms with Gasteiger partial charge in [0.1, 0.15) is 6.29 Å². The summed E-state index contributed by atoms with van der Waals surface area (Å²) in [5.74, 6) is 0. The molecule has 68 valence electrons. The average molecular weight is 183 g/mol. The highest BCUT2D eigenvalue weighted by Gasteiger charge is 1.93. The van der Waals surface area contributed by atoms with Crippen molar-refractivity contribution in [3.05, 3.63) is 48.2 Å². The van der Waals surface area contributed by atoms with E-state index < -0.39 is 0 Å². The van der Waals surface area contributed by atoms with Gasteiger partial charge in [0.05, 0.1) is 5.52 Å². The van der Waals surface area contributed by atoms with Gasteiger partial charge in [0.2, 0.25) is 0 Å². The standard InChI is InChI=1S/C12H9NO/c14-7-3-4-10-8-11-5-1-2-6-12(11)13-9-10/h1-9H/b4-3-. The SMILES string of the molecule is O=C/C=C\c1cnc2ccccc2c1. The predicted molar refractivity (Wildman–Crippen MR) is 56.8 cm³/mol. The van der Waals surface area contributed by atoms with Gasteiger partial charge in [-0.15, -0.1) is 0 Å². The quantitative estimate of drug-likeness (QED) is 0.528. The van der Waals surface area contributed by atoms with E-state index in [-0.39, 0.29) is 0 Å². The van der Waals surface area contributed by atoms with Gasteiger partial charge in [-0.05, 0) is 23.8 Å². The van der Waals surface area contributed by atoms with E-state index in [9.17, 15) is 4.79 Å². The molecule has 0 spiro atoms. The smallest absolute Gasteiger partial charge is 0.142 e. The molecule has 0 aliphatic carbocycles. The van der Waals surface area contributed by atoms with E-state index in [1.807, 2.05) is 30.3 Å². The third kappa shape index (κ3) is 1.69. The fourth-order valence-corrected chi connectivity index (χ4v) is 1.33. The van der Waals surface area contributed by atoms with Crippen molar-refractivity contribution in [2.75, 3.05) is 0 Å². The molecular weight excluding hydrogens is 174 g/mol. The highest BCUT2D eigenvalue weighted by Crippen LogP contribution is 2.13. The van der Waals surface area contributed by atoms with Gasteiger partial charge in [-0.1, -0.05) is 24.3 Å². The molecule has 0 saturated carbocycles. The monoisotopic (exact) mass is 183 g/mol. The summed E-state index contributed by atoms with van der Waals surface area (Å²) in [6.07, 6.45) is 5.72. The Morgan fingerprint density at radius 3 is 2.93 bits per heavy atom. The second-order valence-corrected chi connectivity index (χ2v) is 2.96. The number of hydrogen-bond donors (Lipinski definition) is 0. The van der Waals surface area contributed by atoms with Gasteiger partial charge in [0, 0.05) is 11.6 Å². The van der Waals surface area contributed by atoms with Crippen molar-refractivity contribution in [3.8, 4) is 0 Å². The van der Waals surface area contributed by atoms with Crippen molar-refractivity contribution in [1.29, 1.82) is 0 Å². The Kier molecular flexibility index (Phi) is 2.36. The molecule has 1 heterocycles. The first-order chi connectivity index (χ1) is 6.90. The molecule has 0 N–H and O–H groups in total. The molecule has 0 radical (unpaired) electrons. The molecule has 0 atom stereocenters. The lowest BCUT2D eigenvalue weighted by Crippen LogP contribution is -1.80. The third-order valence-electron chi connectivity index (χ3n) is 1.98. The van der Waals surface area contributed by atoms with Crippen LogP contribution in [0.25, 0.3) is 17.0 Å². The maximum atomic E-state index is 10.1. The van der Waals surface area contributed by atoms with Gasteiger partial charge < -0.3 is 0 Å². The molecule has 0 aliphatic rings. The molecule has 0 fully saturated rings. The molecule has 0 unspecified atom stereocenters. The average Bonchev–Trinajstić information content (AvgIpc) is 2.26. The first-order valence-electron chi connectivity index (χ1n) is 4.37. The van der Waals surface area contributed by atoms with Gasteiger partial charge in [-0.2, -0.15) is 0 Å². The lowest BCUT2D eigenvalue weighted by molar-refractivity contribution is -0.104. The molecule has 14 heavy (non-hydrogen) atoms. The summed E-state index contributed by atoms with van der Waals surface area (Å²) in [6, 6.07) is 9.89. The summed E-state index contributed by atoms with van der Waals surface area (Å²) in [7, 11) is 0. The zero-order valence-corrected chi connectivity index (χ0v) is 7.55.